The third-order valence-corrected chi connectivity index (χ3v) is 18.8. The Kier molecular flexibility index (Phi) is 14.4. The Labute approximate surface area is 451 Å². The van der Waals surface area contributed by atoms with E-state index in [1.165, 1.54) is 112 Å². The molecule has 0 bridgehead atoms. The highest BCUT2D eigenvalue weighted by molar-refractivity contribution is 8.09. The number of carboxylic acids is 1. The second kappa shape index (κ2) is 21.4. The number of rotatable bonds is 20. The number of thioether (sulfide) groups is 1. The molecule has 1 atom stereocenters. The maximum absolute atomic E-state index is 13.5. The molecule has 2 aliphatic carbocycles. The van der Waals surface area contributed by atoms with Crippen molar-refractivity contribution in [3.8, 4) is 32.7 Å². The van der Waals surface area contributed by atoms with E-state index in [2.05, 4.69) is 170 Å². The summed E-state index contributed by atoms with van der Waals surface area (Å²) < 4.78 is 0. The van der Waals surface area contributed by atoms with E-state index in [4.69, 9.17) is 0 Å². The minimum absolute atomic E-state index is 0.0371. The van der Waals surface area contributed by atoms with E-state index in [-0.39, 0.29) is 27.4 Å². The molecule has 2 aliphatic heterocycles. The number of hydrogen-bond donors (Lipinski definition) is 1. The van der Waals surface area contributed by atoms with Crippen LogP contribution in [0.25, 0.3) is 37.6 Å². The smallest absolute Gasteiger partial charge is 0.357 e. The summed E-state index contributed by atoms with van der Waals surface area (Å²) in [4.78, 5) is 35.8. The lowest BCUT2D eigenvalue weighted by atomic mass is 9.70. The van der Waals surface area contributed by atoms with Crippen molar-refractivity contribution in [1.82, 2.24) is 4.98 Å². The Morgan fingerprint density at radius 2 is 1.15 bits per heavy atom. The summed E-state index contributed by atoms with van der Waals surface area (Å²) in [6, 6.07) is 50.0. The van der Waals surface area contributed by atoms with Crippen LogP contribution in [0.4, 0.5) is 22.7 Å². The van der Waals surface area contributed by atoms with Gasteiger partial charge in [0, 0.05) is 60.2 Å². The van der Waals surface area contributed by atoms with Crippen molar-refractivity contribution >= 4 is 68.3 Å². The third kappa shape index (κ3) is 9.09. The molecule has 380 valence electrons. The fourth-order valence-corrected chi connectivity index (χ4v) is 14.9. The number of amides is 1. The Hall–Kier alpha value is -6.81. The molecule has 4 aliphatic rings. The molecule has 0 saturated carbocycles. The Morgan fingerprint density at radius 1 is 0.640 bits per heavy atom. The van der Waals surface area contributed by atoms with Gasteiger partial charge < -0.3 is 10.0 Å². The summed E-state index contributed by atoms with van der Waals surface area (Å²) in [5.41, 5.74) is 16.4. The zero-order valence-corrected chi connectivity index (χ0v) is 45.3. The number of aliphatic carboxylic acids is 1. The van der Waals surface area contributed by atoms with Gasteiger partial charge in [-0.15, -0.1) is 23.1 Å². The van der Waals surface area contributed by atoms with Crippen LogP contribution >= 0.6 is 23.1 Å². The van der Waals surface area contributed by atoms with Crippen LogP contribution in [0, 0.1) is 0 Å². The van der Waals surface area contributed by atoms with Gasteiger partial charge in [0.05, 0.1) is 11.3 Å². The zero-order chi connectivity index (χ0) is 51.7. The number of carbonyl (C=O) groups is 2. The number of aromatic nitrogens is 1. The van der Waals surface area contributed by atoms with E-state index in [0.29, 0.717) is 12.1 Å². The van der Waals surface area contributed by atoms with E-state index >= 15 is 0 Å². The average Bonchev–Trinajstić information content (AvgIpc) is 4.33. The van der Waals surface area contributed by atoms with Crippen LogP contribution in [0.15, 0.2) is 169 Å². The molecule has 9 heteroatoms. The number of thiophene rings is 1. The number of anilines is 4. The number of carboxylic acid groups (broad SMARTS) is 1. The van der Waals surface area contributed by atoms with Gasteiger partial charge in [-0.25, -0.2) is 4.79 Å². The molecule has 1 unspecified atom stereocenters. The molecule has 0 radical (unpaired) electrons. The summed E-state index contributed by atoms with van der Waals surface area (Å²) in [5.74, 6) is -1.68. The largest absolute Gasteiger partial charge is 0.476 e. The molecule has 2 aromatic heterocycles. The number of hydrogen-bond acceptors (Lipinski definition) is 7. The van der Waals surface area contributed by atoms with Gasteiger partial charge >= 0.3 is 5.97 Å². The molecule has 11 rings (SSSR count). The molecule has 75 heavy (non-hydrogen) atoms. The number of allylic oxidation sites excluding steroid dienone is 1. The van der Waals surface area contributed by atoms with Gasteiger partial charge in [0.2, 0.25) is 0 Å². The number of hydrazone groups is 1. The number of nitrogens with zero attached hydrogens (tertiary/aromatic N) is 4. The summed E-state index contributed by atoms with van der Waals surface area (Å²) in [5, 5.41) is 15.3. The average molecular weight is 1030 g/mol. The predicted molar refractivity (Wildman–Crippen MR) is 314 cm³/mol. The molecule has 0 saturated heterocycles. The van der Waals surface area contributed by atoms with Gasteiger partial charge in [-0.05, 0) is 143 Å². The van der Waals surface area contributed by atoms with E-state index < -0.39 is 11.9 Å². The van der Waals surface area contributed by atoms with E-state index in [9.17, 15) is 14.7 Å². The van der Waals surface area contributed by atoms with Crippen molar-refractivity contribution in [3.05, 3.63) is 191 Å². The molecular weight excluding hydrogens is 961 g/mol. The van der Waals surface area contributed by atoms with E-state index in [1.54, 1.807) is 53.7 Å². The molecule has 0 fully saturated rings. The molecule has 7 aromatic rings. The molecule has 4 heterocycles. The Balaban J connectivity index is 0.951. The van der Waals surface area contributed by atoms with Gasteiger partial charge in [-0.1, -0.05) is 164 Å². The standard InChI is InChI=1S/C66H66N4O3S2/c1-5-9-35-65(36-10-6-2)55-19-15-13-17-50(55)52-28-25-47(41-57(52)65)69(48-26-29-53-51-18-14-16-20-56(51)66(37-11-7-3,38-12-8-4)58(53)42-48)45-23-21-44(22-24-45)59-31-32-61(75-59)60-30-27-49(74-60)43-54-62(64(72)73)68-70(63(54)71)46-33-39-67-40-34-46/h13-26,28-34,39-43,49H,5-12,27,35-38H2,1-4H3,(H,72,73)/b54-43-. The van der Waals surface area contributed by atoms with E-state index in [1.807, 2.05) is 0 Å². The van der Waals surface area contributed by atoms with Crippen molar-refractivity contribution in [3.63, 3.8) is 0 Å². The lowest BCUT2D eigenvalue weighted by molar-refractivity contribution is -0.129. The zero-order valence-electron chi connectivity index (χ0n) is 43.6. The lowest BCUT2D eigenvalue weighted by Crippen LogP contribution is -2.26. The summed E-state index contributed by atoms with van der Waals surface area (Å²) >= 11 is 3.41. The van der Waals surface area contributed by atoms with Gasteiger partial charge in [0.25, 0.3) is 5.91 Å². The first kappa shape index (κ1) is 50.4. The number of carbonyl (C=O) groups excluding carboxylic acids is 1. The first-order valence-corrected chi connectivity index (χ1v) is 29.1. The first-order valence-electron chi connectivity index (χ1n) is 27.4. The normalized spacial score (nSPS) is 17.2. The summed E-state index contributed by atoms with van der Waals surface area (Å²) in [6.07, 6.45) is 21.7. The second-order valence-electron chi connectivity index (χ2n) is 20.8. The fourth-order valence-electron chi connectivity index (χ4n) is 12.6. The van der Waals surface area contributed by atoms with Crippen LogP contribution in [0.1, 0.15) is 138 Å². The van der Waals surface area contributed by atoms with Crippen LogP contribution in [-0.2, 0) is 20.4 Å². The molecule has 1 amide bonds. The monoisotopic (exact) mass is 1030 g/mol. The van der Waals surface area contributed by atoms with Gasteiger partial charge in [-0.3, -0.25) is 9.78 Å². The van der Waals surface area contributed by atoms with E-state index in [0.717, 1.165) is 51.7 Å². The maximum Gasteiger partial charge on any atom is 0.357 e. The maximum atomic E-state index is 13.5. The topological polar surface area (TPSA) is 86.1 Å². The SMILES string of the molecule is CCCCC1(CCCC)c2ccccc2-c2ccc(N(c3ccc(-c4ccc(C5=CCC(/C=C6\C(=O)N(c7ccncc7)N=C6C(=O)O)S5)s4)cc3)c3ccc4c(c3)C(CCCC)(CCCC)c3ccccc3-4)cc21. The third-order valence-electron chi connectivity index (χ3n) is 16.3. The van der Waals surface area contributed by atoms with Crippen LogP contribution in [0.3, 0.4) is 0 Å². The van der Waals surface area contributed by atoms with Crippen LogP contribution in [0.5, 0.6) is 0 Å². The van der Waals surface area contributed by atoms with Crippen LogP contribution in [0.2, 0.25) is 0 Å². The highest BCUT2D eigenvalue weighted by atomic mass is 32.2. The van der Waals surface area contributed by atoms with Crippen molar-refractivity contribution in [2.45, 2.75) is 127 Å². The minimum Gasteiger partial charge on any atom is -0.476 e. The summed E-state index contributed by atoms with van der Waals surface area (Å²) in [7, 11) is 0. The number of fused-ring (bicyclic) bond motifs is 6. The molecular formula is C66H66N4O3S2. The van der Waals surface area contributed by atoms with Crippen LogP contribution < -0.4 is 9.91 Å². The Morgan fingerprint density at radius 3 is 1.68 bits per heavy atom. The fraction of sp³-hybridized carbons (Fsp3) is 0.303. The molecule has 5 aromatic carbocycles. The van der Waals surface area contributed by atoms with Gasteiger partial charge in [0.1, 0.15) is 0 Å². The van der Waals surface area contributed by atoms with Gasteiger partial charge in [0.15, 0.2) is 5.71 Å². The quantitative estimate of drug-likeness (QED) is 0.0766. The highest BCUT2D eigenvalue weighted by Crippen LogP contribution is 2.58. The van der Waals surface area contributed by atoms with Crippen molar-refractivity contribution in [2.24, 2.45) is 5.10 Å². The molecule has 0 spiro atoms. The number of benzene rings is 5. The lowest BCUT2D eigenvalue weighted by Gasteiger charge is -2.35. The minimum atomic E-state index is -1.23. The van der Waals surface area contributed by atoms with Crippen molar-refractivity contribution in [2.75, 3.05) is 9.91 Å². The van der Waals surface area contributed by atoms with Crippen LogP contribution in [-0.4, -0.2) is 32.9 Å². The number of unbranched alkanes of at least 4 members (excludes halogenated alkanes) is 4. The number of pyridine rings is 1. The van der Waals surface area contributed by atoms with Crippen molar-refractivity contribution in [1.29, 1.82) is 0 Å². The predicted octanol–water partition coefficient (Wildman–Crippen LogP) is 17.8. The van der Waals surface area contributed by atoms with Gasteiger partial charge in [-0.2, -0.15) is 10.1 Å². The molecule has 1 N–H and O–H groups in total. The second-order valence-corrected chi connectivity index (χ2v) is 23.2. The van der Waals surface area contributed by atoms with Crippen molar-refractivity contribution < 1.29 is 14.7 Å². The summed E-state index contributed by atoms with van der Waals surface area (Å²) in [6.45, 7) is 9.32. The Bertz CT molecular complexity index is 3240. The first-order chi connectivity index (χ1) is 36.7. The highest BCUT2D eigenvalue weighted by Gasteiger charge is 2.44. The molecule has 7 nitrogen and oxygen atoms in total.